The second kappa shape index (κ2) is 5.61. The van der Waals surface area contributed by atoms with Gasteiger partial charge in [0.25, 0.3) is 0 Å². The Morgan fingerprint density at radius 3 is 2.76 bits per heavy atom. The number of hydrogen-bond donors (Lipinski definition) is 3. The fraction of sp³-hybridized carbons (Fsp3) is 0.923. The average molecular weight is 257 g/mol. The van der Waals surface area contributed by atoms with Gasteiger partial charge in [-0.15, -0.1) is 0 Å². The molecule has 0 heterocycles. The predicted molar refractivity (Wildman–Crippen MR) is 71.1 cm³/mol. The molecule has 17 heavy (non-hydrogen) atoms. The number of thiol groups is 1. The van der Waals surface area contributed by atoms with Crippen LogP contribution in [-0.4, -0.2) is 29.4 Å². The highest BCUT2D eigenvalue weighted by Crippen LogP contribution is 2.49. The summed E-state index contributed by atoms with van der Waals surface area (Å²) in [6.45, 7) is 0.735. The Hall–Kier alpha value is -0.220. The molecule has 0 saturated heterocycles. The van der Waals surface area contributed by atoms with Crippen molar-refractivity contribution < 1.29 is 9.90 Å². The first-order valence-electron chi connectivity index (χ1n) is 6.69. The molecule has 3 nitrogen and oxygen atoms in total. The molecule has 0 aromatic heterocycles. The number of nitrogens with one attached hydrogen (secondary N) is 1. The van der Waals surface area contributed by atoms with Crippen LogP contribution < -0.4 is 5.32 Å². The van der Waals surface area contributed by atoms with E-state index in [9.17, 15) is 9.90 Å². The molecule has 1 amide bonds. The van der Waals surface area contributed by atoms with Crippen LogP contribution in [0.5, 0.6) is 0 Å². The van der Waals surface area contributed by atoms with Crippen LogP contribution in [0, 0.1) is 11.3 Å². The van der Waals surface area contributed by atoms with E-state index in [-0.39, 0.29) is 17.4 Å². The van der Waals surface area contributed by atoms with Crippen LogP contribution in [0.4, 0.5) is 0 Å². The smallest absolute Gasteiger partial charge is 0.220 e. The number of aliphatic hydroxyl groups excluding tert-OH is 1. The molecule has 2 N–H and O–H groups in total. The van der Waals surface area contributed by atoms with E-state index in [0.717, 1.165) is 50.8 Å². The summed E-state index contributed by atoms with van der Waals surface area (Å²) in [5.41, 5.74) is 0.208. The van der Waals surface area contributed by atoms with Crippen LogP contribution in [0.1, 0.15) is 44.9 Å². The van der Waals surface area contributed by atoms with Crippen molar-refractivity contribution in [2.75, 3.05) is 12.3 Å². The molecule has 2 aliphatic carbocycles. The topological polar surface area (TPSA) is 49.3 Å². The highest BCUT2D eigenvalue weighted by molar-refractivity contribution is 7.80. The zero-order chi connectivity index (χ0) is 12.3. The Balaban J connectivity index is 1.65. The van der Waals surface area contributed by atoms with E-state index in [1.807, 2.05) is 0 Å². The summed E-state index contributed by atoms with van der Waals surface area (Å²) < 4.78 is 0. The van der Waals surface area contributed by atoms with Crippen molar-refractivity contribution in [3.8, 4) is 0 Å². The van der Waals surface area contributed by atoms with Gasteiger partial charge >= 0.3 is 0 Å². The predicted octanol–water partition coefficient (Wildman–Crippen LogP) is 1.75. The molecule has 2 saturated carbocycles. The van der Waals surface area contributed by atoms with Gasteiger partial charge in [0, 0.05) is 13.0 Å². The maximum Gasteiger partial charge on any atom is 0.220 e. The van der Waals surface area contributed by atoms with Crippen molar-refractivity contribution >= 4 is 18.5 Å². The summed E-state index contributed by atoms with van der Waals surface area (Å²) in [6, 6.07) is 0. The van der Waals surface area contributed by atoms with Gasteiger partial charge in [-0.1, -0.05) is 6.42 Å². The van der Waals surface area contributed by atoms with E-state index in [1.54, 1.807) is 0 Å². The highest BCUT2D eigenvalue weighted by atomic mass is 32.1. The SMILES string of the molecule is O=C(CC1(CS)CC1)NCC1CCCC(O)C1. The van der Waals surface area contributed by atoms with Crippen LogP contribution in [-0.2, 0) is 4.79 Å². The Labute approximate surface area is 109 Å². The lowest BCUT2D eigenvalue weighted by Gasteiger charge is -2.26. The van der Waals surface area contributed by atoms with Crippen molar-refractivity contribution in [2.24, 2.45) is 11.3 Å². The quantitative estimate of drug-likeness (QED) is 0.657. The summed E-state index contributed by atoms with van der Waals surface area (Å²) in [6.07, 6.45) is 6.75. The number of hydrogen-bond acceptors (Lipinski definition) is 3. The summed E-state index contributed by atoms with van der Waals surface area (Å²) in [5, 5.41) is 12.6. The molecule has 2 unspecified atom stereocenters. The van der Waals surface area contributed by atoms with Crippen LogP contribution in [0.25, 0.3) is 0 Å². The molecule has 2 rings (SSSR count). The lowest BCUT2D eigenvalue weighted by molar-refractivity contribution is -0.122. The lowest BCUT2D eigenvalue weighted by atomic mass is 9.87. The Morgan fingerprint density at radius 1 is 1.41 bits per heavy atom. The van der Waals surface area contributed by atoms with E-state index in [2.05, 4.69) is 17.9 Å². The minimum Gasteiger partial charge on any atom is -0.393 e. The largest absolute Gasteiger partial charge is 0.393 e. The zero-order valence-corrected chi connectivity index (χ0v) is 11.2. The van der Waals surface area contributed by atoms with Crippen LogP contribution in [0.2, 0.25) is 0 Å². The molecule has 4 heteroatoms. The van der Waals surface area contributed by atoms with Gasteiger partial charge < -0.3 is 10.4 Å². The van der Waals surface area contributed by atoms with E-state index in [4.69, 9.17) is 0 Å². The maximum atomic E-state index is 11.8. The van der Waals surface area contributed by atoms with E-state index >= 15 is 0 Å². The van der Waals surface area contributed by atoms with Crippen molar-refractivity contribution in [1.29, 1.82) is 0 Å². The van der Waals surface area contributed by atoms with Crippen LogP contribution in [0.15, 0.2) is 0 Å². The number of carbonyl (C=O) groups excluding carboxylic acids is 1. The van der Waals surface area contributed by atoms with Gasteiger partial charge in [0.05, 0.1) is 6.10 Å². The minimum atomic E-state index is -0.155. The zero-order valence-electron chi connectivity index (χ0n) is 10.3. The summed E-state index contributed by atoms with van der Waals surface area (Å²) in [5.74, 6) is 1.45. The van der Waals surface area contributed by atoms with Crippen molar-refractivity contribution in [3.05, 3.63) is 0 Å². The second-order valence-electron chi connectivity index (χ2n) is 5.83. The second-order valence-corrected chi connectivity index (χ2v) is 6.14. The minimum absolute atomic E-state index is 0.155. The molecule has 98 valence electrons. The molecule has 0 radical (unpaired) electrons. The summed E-state index contributed by atoms with van der Waals surface area (Å²) in [4.78, 5) is 11.8. The van der Waals surface area contributed by atoms with Crippen LogP contribution in [0.3, 0.4) is 0 Å². The standard InChI is InChI=1S/C13H23NO2S/c15-11-3-1-2-10(6-11)8-14-12(16)7-13(9-17)4-5-13/h10-11,15,17H,1-9H2,(H,14,16). The molecule has 0 aromatic rings. The summed E-state index contributed by atoms with van der Waals surface area (Å²) in [7, 11) is 0. The van der Waals surface area contributed by atoms with E-state index in [1.165, 1.54) is 0 Å². The lowest BCUT2D eigenvalue weighted by Crippen LogP contribution is -2.34. The third-order valence-corrected chi connectivity index (χ3v) is 4.84. The molecular weight excluding hydrogens is 234 g/mol. The van der Waals surface area contributed by atoms with Crippen molar-refractivity contribution in [3.63, 3.8) is 0 Å². The third-order valence-electron chi connectivity index (χ3n) is 4.17. The van der Waals surface area contributed by atoms with Gasteiger partial charge in [-0.3, -0.25) is 4.79 Å². The first-order chi connectivity index (χ1) is 8.13. The Kier molecular flexibility index (Phi) is 4.36. The number of amides is 1. The molecule has 0 bridgehead atoms. The fourth-order valence-electron chi connectivity index (χ4n) is 2.68. The molecule has 2 atom stereocenters. The van der Waals surface area contributed by atoms with Gasteiger partial charge in [0.2, 0.25) is 5.91 Å². The van der Waals surface area contributed by atoms with Gasteiger partial charge in [-0.2, -0.15) is 12.6 Å². The number of rotatable bonds is 5. The molecule has 0 spiro atoms. The molecule has 2 fully saturated rings. The first-order valence-corrected chi connectivity index (χ1v) is 7.32. The highest BCUT2D eigenvalue weighted by Gasteiger charge is 2.42. The molecular formula is C13H23NO2S. The first kappa shape index (κ1) is 13.2. The van der Waals surface area contributed by atoms with Gasteiger partial charge in [0.1, 0.15) is 0 Å². The Bertz CT molecular complexity index is 279. The number of carbonyl (C=O) groups is 1. The van der Waals surface area contributed by atoms with Crippen molar-refractivity contribution in [1.82, 2.24) is 5.32 Å². The molecule has 0 aliphatic heterocycles. The van der Waals surface area contributed by atoms with Gasteiger partial charge in [-0.05, 0) is 49.2 Å². The Morgan fingerprint density at radius 2 is 2.18 bits per heavy atom. The van der Waals surface area contributed by atoms with E-state index in [0.29, 0.717) is 12.3 Å². The van der Waals surface area contributed by atoms with Crippen molar-refractivity contribution in [2.45, 2.75) is 51.0 Å². The number of aliphatic hydroxyl groups is 1. The average Bonchev–Trinajstić information content (AvgIpc) is 3.07. The molecule has 0 aromatic carbocycles. The van der Waals surface area contributed by atoms with E-state index < -0.39 is 0 Å². The maximum absolute atomic E-state index is 11.8. The molecule has 2 aliphatic rings. The van der Waals surface area contributed by atoms with Crippen LogP contribution >= 0.6 is 12.6 Å². The monoisotopic (exact) mass is 257 g/mol. The normalized spacial score (nSPS) is 30.9. The van der Waals surface area contributed by atoms with Gasteiger partial charge in [0.15, 0.2) is 0 Å². The summed E-state index contributed by atoms with van der Waals surface area (Å²) >= 11 is 4.31. The fourth-order valence-corrected chi connectivity index (χ4v) is 3.10. The van der Waals surface area contributed by atoms with Gasteiger partial charge in [-0.25, -0.2) is 0 Å². The third kappa shape index (κ3) is 3.88.